The van der Waals surface area contributed by atoms with Crippen LogP contribution in [0.25, 0.3) is 0 Å². The molecule has 1 unspecified atom stereocenters. The molecular formula is C7H14ClIO. The summed E-state index contributed by atoms with van der Waals surface area (Å²) >= 11 is 8.01. The van der Waals surface area contributed by atoms with Gasteiger partial charge in [-0.05, 0) is 20.8 Å². The zero-order valence-electron chi connectivity index (χ0n) is 6.66. The molecule has 0 aliphatic rings. The summed E-state index contributed by atoms with van der Waals surface area (Å²) in [7, 11) is 0. The van der Waals surface area contributed by atoms with Crippen molar-refractivity contribution in [2.24, 2.45) is 0 Å². The van der Waals surface area contributed by atoms with Crippen molar-refractivity contribution in [3.05, 3.63) is 0 Å². The molecule has 0 fully saturated rings. The monoisotopic (exact) mass is 276 g/mol. The maximum atomic E-state index is 5.72. The fourth-order valence-electron chi connectivity index (χ4n) is 0.668. The third kappa shape index (κ3) is 3.98. The van der Waals surface area contributed by atoms with E-state index in [2.05, 4.69) is 22.6 Å². The van der Waals surface area contributed by atoms with Crippen molar-refractivity contribution in [2.75, 3.05) is 10.3 Å². The van der Waals surface area contributed by atoms with Crippen LogP contribution < -0.4 is 0 Å². The highest BCUT2D eigenvalue weighted by atomic mass is 127. The lowest BCUT2D eigenvalue weighted by molar-refractivity contribution is -0.0348. The molecule has 0 saturated heterocycles. The summed E-state index contributed by atoms with van der Waals surface area (Å²) < 4.78 is 6.53. The van der Waals surface area contributed by atoms with Gasteiger partial charge in [-0.25, -0.2) is 0 Å². The Morgan fingerprint density at radius 2 is 2.10 bits per heavy atom. The van der Waals surface area contributed by atoms with Crippen LogP contribution in [0.4, 0.5) is 0 Å². The van der Waals surface area contributed by atoms with Gasteiger partial charge in [0.25, 0.3) is 0 Å². The number of hydrogen-bond acceptors (Lipinski definition) is 1. The Morgan fingerprint density at radius 3 is 2.20 bits per heavy atom. The Labute approximate surface area is 81.6 Å². The summed E-state index contributed by atoms with van der Waals surface area (Å²) in [5.41, 5.74) is -0.143. The van der Waals surface area contributed by atoms with Crippen LogP contribution in [0, 0.1) is 0 Å². The summed E-state index contributed by atoms with van der Waals surface area (Å²) in [6.07, 6.45) is 0.263. The maximum Gasteiger partial charge on any atom is 0.0881 e. The van der Waals surface area contributed by atoms with E-state index in [9.17, 15) is 0 Å². The molecule has 0 aromatic heterocycles. The minimum absolute atomic E-state index is 0.143. The van der Waals surface area contributed by atoms with E-state index in [0.717, 1.165) is 4.43 Å². The minimum atomic E-state index is -0.143. The Hall–Kier alpha value is 0.980. The predicted molar refractivity (Wildman–Crippen MR) is 54.2 cm³/mol. The zero-order valence-corrected chi connectivity index (χ0v) is 9.57. The van der Waals surface area contributed by atoms with Gasteiger partial charge in [0.1, 0.15) is 0 Å². The molecular weight excluding hydrogens is 262 g/mol. The molecule has 0 heterocycles. The second-order valence-corrected chi connectivity index (χ2v) is 3.91. The SMILES string of the molecule is CC(C)OC(C)(CCl)CI. The van der Waals surface area contributed by atoms with Crippen LogP contribution in [0.1, 0.15) is 20.8 Å². The van der Waals surface area contributed by atoms with Crippen LogP contribution in [0.2, 0.25) is 0 Å². The van der Waals surface area contributed by atoms with E-state index in [-0.39, 0.29) is 11.7 Å². The molecule has 0 rings (SSSR count). The van der Waals surface area contributed by atoms with Gasteiger partial charge in [-0.15, -0.1) is 11.6 Å². The average molecular weight is 277 g/mol. The van der Waals surface area contributed by atoms with Crippen LogP contribution in [0.15, 0.2) is 0 Å². The van der Waals surface area contributed by atoms with Crippen LogP contribution in [-0.4, -0.2) is 22.0 Å². The molecule has 1 atom stereocenters. The summed E-state index contributed by atoms with van der Waals surface area (Å²) in [6.45, 7) is 6.08. The van der Waals surface area contributed by atoms with E-state index in [1.165, 1.54) is 0 Å². The summed E-state index contributed by atoms with van der Waals surface area (Å²) in [5.74, 6) is 0.564. The standard InChI is InChI=1S/C7H14ClIO/c1-6(2)10-7(3,4-8)5-9/h6H,4-5H2,1-3H3. The Morgan fingerprint density at radius 1 is 1.60 bits per heavy atom. The smallest absolute Gasteiger partial charge is 0.0881 e. The lowest BCUT2D eigenvalue weighted by Crippen LogP contribution is -2.35. The molecule has 0 amide bonds. The summed E-state index contributed by atoms with van der Waals surface area (Å²) in [4.78, 5) is 0. The Balaban J connectivity index is 3.80. The quantitative estimate of drug-likeness (QED) is 0.567. The van der Waals surface area contributed by atoms with Gasteiger partial charge >= 0.3 is 0 Å². The van der Waals surface area contributed by atoms with Gasteiger partial charge in [0.2, 0.25) is 0 Å². The van der Waals surface area contributed by atoms with Crippen molar-refractivity contribution in [3.63, 3.8) is 0 Å². The Bertz CT molecular complexity index is 91.6. The average Bonchev–Trinajstić information content (AvgIpc) is 1.87. The maximum absolute atomic E-state index is 5.72. The number of ether oxygens (including phenoxy) is 1. The van der Waals surface area contributed by atoms with Crippen molar-refractivity contribution >= 4 is 34.2 Å². The lowest BCUT2D eigenvalue weighted by Gasteiger charge is -2.27. The molecule has 0 aliphatic heterocycles. The number of rotatable bonds is 4. The van der Waals surface area contributed by atoms with Crippen LogP contribution in [0.5, 0.6) is 0 Å². The number of alkyl halides is 2. The predicted octanol–water partition coefficient (Wildman–Crippen LogP) is 2.84. The number of hydrogen-bond donors (Lipinski definition) is 0. The molecule has 0 aliphatic carbocycles. The van der Waals surface area contributed by atoms with Gasteiger partial charge in [0.05, 0.1) is 17.6 Å². The van der Waals surface area contributed by atoms with Gasteiger partial charge in [-0.2, -0.15) is 0 Å². The van der Waals surface area contributed by atoms with Gasteiger partial charge in [-0.3, -0.25) is 0 Å². The van der Waals surface area contributed by atoms with E-state index in [1.54, 1.807) is 0 Å². The molecule has 62 valence electrons. The third-order valence-corrected chi connectivity index (χ3v) is 3.26. The van der Waals surface area contributed by atoms with E-state index in [0.29, 0.717) is 5.88 Å². The minimum Gasteiger partial charge on any atom is -0.371 e. The van der Waals surface area contributed by atoms with Gasteiger partial charge in [-0.1, -0.05) is 22.6 Å². The molecule has 0 bridgehead atoms. The second kappa shape index (κ2) is 4.78. The molecule has 0 aromatic carbocycles. The molecule has 0 N–H and O–H groups in total. The molecule has 0 spiro atoms. The fraction of sp³-hybridized carbons (Fsp3) is 1.00. The van der Waals surface area contributed by atoms with Crippen molar-refractivity contribution in [1.29, 1.82) is 0 Å². The molecule has 1 nitrogen and oxygen atoms in total. The number of halogens is 2. The molecule has 0 aromatic rings. The summed E-state index contributed by atoms with van der Waals surface area (Å²) in [6, 6.07) is 0. The fourth-order valence-corrected chi connectivity index (χ4v) is 1.59. The first-order chi connectivity index (χ1) is 4.54. The molecule has 3 heteroatoms. The lowest BCUT2D eigenvalue weighted by atomic mass is 10.2. The van der Waals surface area contributed by atoms with Crippen molar-refractivity contribution < 1.29 is 4.74 Å². The normalized spacial score (nSPS) is 17.4. The highest BCUT2D eigenvalue weighted by Gasteiger charge is 2.23. The second-order valence-electron chi connectivity index (χ2n) is 2.88. The Kier molecular flexibility index (Phi) is 5.24. The van der Waals surface area contributed by atoms with E-state index < -0.39 is 0 Å². The van der Waals surface area contributed by atoms with Crippen molar-refractivity contribution in [3.8, 4) is 0 Å². The van der Waals surface area contributed by atoms with Crippen LogP contribution >= 0.6 is 34.2 Å². The highest BCUT2D eigenvalue weighted by Crippen LogP contribution is 2.17. The van der Waals surface area contributed by atoms with E-state index >= 15 is 0 Å². The topological polar surface area (TPSA) is 9.23 Å². The first-order valence-corrected chi connectivity index (χ1v) is 5.40. The van der Waals surface area contributed by atoms with Gasteiger partial charge in [0.15, 0.2) is 0 Å². The molecule has 10 heavy (non-hydrogen) atoms. The molecule has 0 saturated carbocycles. The van der Waals surface area contributed by atoms with Crippen LogP contribution in [0.3, 0.4) is 0 Å². The van der Waals surface area contributed by atoms with Gasteiger partial charge < -0.3 is 4.74 Å². The molecule has 0 radical (unpaired) electrons. The first kappa shape index (κ1) is 11.0. The zero-order chi connectivity index (χ0) is 8.20. The van der Waals surface area contributed by atoms with Crippen LogP contribution in [-0.2, 0) is 4.74 Å². The first-order valence-electron chi connectivity index (χ1n) is 3.34. The third-order valence-electron chi connectivity index (χ3n) is 1.09. The van der Waals surface area contributed by atoms with Crippen molar-refractivity contribution in [1.82, 2.24) is 0 Å². The van der Waals surface area contributed by atoms with E-state index in [4.69, 9.17) is 16.3 Å². The largest absolute Gasteiger partial charge is 0.371 e. The van der Waals surface area contributed by atoms with Crippen molar-refractivity contribution in [2.45, 2.75) is 32.5 Å². The van der Waals surface area contributed by atoms with E-state index in [1.807, 2.05) is 20.8 Å². The highest BCUT2D eigenvalue weighted by molar-refractivity contribution is 14.1. The van der Waals surface area contributed by atoms with Gasteiger partial charge in [0, 0.05) is 4.43 Å². The summed E-state index contributed by atoms with van der Waals surface area (Å²) in [5, 5.41) is 0.